The minimum atomic E-state index is -3.29. The predicted octanol–water partition coefficient (Wildman–Crippen LogP) is 4.27. The average Bonchev–Trinajstić information content (AvgIpc) is 3.53. The van der Waals surface area contributed by atoms with Gasteiger partial charge in [0.2, 0.25) is 0 Å². The third kappa shape index (κ3) is 4.61. The fourth-order valence-corrected chi connectivity index (χ4v) is 4.14. The Hall–Kier alpha value is -2.80. The third-order valence-corrected chi connectivity index (χ3v) is 6.13. The van der Waals surface area contributed by atoms with Crippen LogP contribution in [0.2, 0.25) is 0 Å². The summed E-state index contributed by atoms with van der Waals surface area (Å²) in [5.74, 6) is 0.914. The van der Waals surface area contributed by atoms with Crippen LogP contribution in [-0.2, 0) is 15.3 Å². The number of benzene rings is 1. The van der Waals surface area contributed by atoms with Gasteiger partial charge in [-0.2, -0.15) is 0 Å². The summed E-state index contributed by atoms with van der Waals surface area (Å²) in [6, 6.07) is 9.49. The molecule has 0 aliphatic heterocycles. The monoisotopic (exact) mass is 437 g/mol. The molecule has 1 atom stereocenters. The minimum Gasteiger partial charge on any atom is -0.307 e. The minimum absolute atomic E-state index is 0.204. The molecule has 4 rings (SSSR count). The van der Waals surface area contributed by atoms with E-state index in [1.165, 1.54) is 5.41 Å². The van der Waals surface area contributed by atoms with Crippen LogP contribution in [0.5, 0.6) is 0 Å². The van der Waals surface area contributed by atoms with E-state index < -0.39 is 9.84 Å². The molecule has 1 aliphatic carbocycles. The number of allylic oxidation sites excluding steroid dienone is 1. The second kappa shape index (κ2) is 7.71. The highest BCUT2D eigenvalue weighted by Gasteiger charge is 2.32. The number of fused-ring (bicyclic) bond motifs is 1. The zero-order valence-corrected chi connectivity index (χ0v) is 19.1. The molecule has 0 radical (unpaired) electrons. The van der Waals surface area contributed by atoms with Crippen molar-refractivity contribution in [3.63, 3.8) is 0 Å². The molecule has 0 spiro atoms. The summed E-state index contributed by atoms with van der Waals surface area (Å²) in [4.78, 5) is 22.7. The molecule has 31 heavy (non-hydrogen) atoms. The summed E-state index contributed by atoms with van der Waals surface area (Å²) in [5.41, 5.74) is 1.94. The van der Waals surface area contributed by atoms with Gasteiger partial charge in [0.15, 0.2) is 9.84 Å². The van der Waals surface area contributed by atoms with E-state index in [0.717, 1.165) is 30.2 Å². The van der Waals surface area contributed by atoms with Gasteiger partial charge in [0, 0.05) is 35.0 Å². The van der Waals surface area contributed by atoms with Gasteiger partial charge in [-0.1, -0.05) is 57.2 Å². The van der Waals surface area contributed by atoms with Gasteiger partial charge < -0.3 is 4.57 Å². The SMILES string of the molecule is CC(C)(C)c1ncc2c(=O)n(C(/C=C/S(C)(=O)=O)C3CC3)cc(-c3ccccc3)c2n1. The number of rotatable bonds is 5. The maximum atomic E-state index is 13.5. The van der Waals surface area contributed by atoms with Gasteiger partial charge in [-0.3, -0.25) is 4.79 Å². The molecule has 7 heteroatoms. The standard InChI is InChI=1S/C24H27N3O3S/c1-24(2,3)23-25-14-18-21(26-23)19(16-8-6-5-7-9-16)15-27(22(18)28)20(17-10-11-17)12-13-31(4,29)30/h5-9,12-15,17,20H,10-11H2,1-4H3/b13-12+. The van der Waals surface area contributed by atoms with E-state index in [2.05, 4.69) is 4.98 Å². The lowest BCUT2D eigenvalue weighted by atomic mass is 9.95. The van der Waals surface area contributed by atoms with Crippen molar-refractivity contribution in [3.8, 4) is 11.1 Å². The molecular weight excluding hydrogens is 410 g/mol. The second-order valence-corrected chi connectivity index (χ2v) is 11.2. The van der Waals surface area contributed by atoms with Crippen molar-refractivity contribution >= 4 is 20.7 Å². The van der Waals surface area contributed by atoms with Crippen LogP contribution in [0, 0.1) is 5.92 Å². The topological polar surface area (TPSA) is 81.9 Å². The lowest BCUT2D eigenvalue weighted by Crippen LogP contribution is -2.26. The molecule has 0 N–H and O–H groups in total. The van der Waals surface area contributed by atoms with Crippen LogP contribution in [0.1, 0.15) is 45.5 Å². The molecule has 1 aliphatic rings. The normalized spacial score (nSPS) is 16.1. The number of pyridine rings is 1. The molecule has 1 unspecified atom stereocenters. The molecule has 2 heterocycles. The first-order chi connectivity index (χ1) is 14.5. The summed E-state index contributed by atoms with van der Waals surface area (Å²) in [6.07, 6.45) is 8.16. The molecule has 162 valence electrons. The molecule has 0 bridgehead atoms. The van der Waals surface area contributed by atoms with Crippen LogP contribution < -0.4 is 5.56 Å². The van der Waals surface area contributed by atoms with E-state index in [1.54, 1.807) is 16.8 Å². The Balaban J connectivity index is 2.01. The highest BCUT2D eigenvalue weighted by molar-refractivity contribution is 7.93. The van der Waals surface area contributed by atoms with Crippen molar-refractivity contribution in [1.29, 1.82) is 0 Å². The third-order valence-electron chi connectivity index (χ3n) is 5.48. The van der Waals surface area contributed by atoms with E-state index in [9.17, 15) is 13.2 Å². The van der Waals surface area contributed by atoms with Crippen molar-refractivity contribution < 1.29 is 8.42 Å². The highest BCUT2D eigenvalue weighted by atomic mass is 32.2. The number of aromatic nitrogens is 3. The number of sulfone groups is 1. The maximum Gasteiger partial charge on any atom is 0.262 e. The van der Waals surface area contributed by atoms with Gasteiger partial charge in [-0.25, -0.2) is 18.4 Å². The summed E-state index contributed by atoms with van der Waals surface area (Å²) in [7, 11) is -3.29. The molecule has 2 aromatic heterocycles. The van der Waals surface area contributed by atoms with Crippen molar-refractivity contribution in [2.75, 3.05) is 6.26 Å². The Labute approximate surface area is 182 Å². The van der Waals surface area contributed by atoms with E-state index >= 15 is 0 Å². The van der Waals surface area contributed by atoms with Crippen LogP contribution in [0.25, 0.3) is 22.0 Å². The Bertz CT molecular complexity index is 1320. The van der Waals surface area contributed by atoms with Crippen molar-refractivity contribution in [3.05, 3.63) is 70.4 Å². The molecule has 0 saturated heterocycles. The first-order valence-electron chi connectivity index (χ1n) is 10.4. The number of hydrogen-bond acceptors (Lipinski definition) is 5. The molecule has 1 fully saturated rings. The summed E-state index contributed by atoms with van der Waals surface area (Å²) < 4.78 is 25.1. The molecule has 0 amide bonds. The lowest BCUT2D eigenvalue weighted by molar-refractivity contribution is 0.523. The zero-order chi connectivity index (χ0) is 22.4. The zero-order valence-electron chi connectivity index (χ0n) is 18.2. The molecule has 3 aromatic rings. The van der Waals surface area contributed by atoms with E-state index in [-0.39, 0.29) is 22.9 Å². The van der Waals surface area contributed by atoms with Crippen molar-refractivity contribution in [2.24, 2.45) is 5.92 Å². The fourth-order valence-electron chi connectivity index (χ4n) is 3.69. The number of nitrogens with zero attached hydrogens (tertiary/aromatic N) is 3. The summed E-state index contributed by atoms with van der Waals surface area (Å²) >= 11 is 0. The molecule has 6 nitrogen and oxygen atoms in total. The highest BCUT2D eigenvalue weighted by Crippen LogP contribution is 2.41. The van der Waals surface area contributed by atoms with Crippen LogP contribution in [0.3, 0.4) is 0 Å². The maximum absolute atomic E-state index is 13.5. The Morgan fingerprint density at radius 1 is 1.16 bits per heavy atom. The van der Waals surface area contributed by atoms with Crippen LogP contribution in [-0.4, -0.2) is 29.2 Å². The van der Waals surface area contributed by atoms with Crippen LogP contribution >= 0.6 is 0 Å². The summed E-state index contributed by atoms with van der Waals surface area (Å²) in [6.45, 7) is 6.12. The quantitative estimate of drug-likeness (QED) is 0.595. The van der Waals surface area contributed by atoms with Gasteiger partial charge in [0.25, 0.3) is 5.56 Å². The molecular formula is C24H27N3O3S. The second-order valence-electron chi connectivity index (χ2n) is 9.31. The van der Waals surface area contributed by atoms with Gasteiger partial charge in [0.05, 0.1) is 16.9 Å². The van der Waals surface area contributed by atoms with E-state index in [4.69, 9.17) is 4.98 Å². The van der Waals surface area contributed by atoms with Gasteiger partial charge in [-0.05, 0) is 24.3 Å². The Morgan fingerprint density at radius 3 is 2.42 bits per heavy atom. The van der Waals surface area contributed by atoms with Gasteiger partial charge in [-0.15, -0.1) is 0 Å². The van der Waals surface area contributed by atoms with Crippen LogP contribution in [0.4, 0.5) is 0 Å². The van der Waals surface area contributed by atoms with Crippen molar-refractivity contribution in [1.82, 2.24) is 14.5 Å². The molecule has 1 saturated carbocycles. The van der Waals surface area contributed by atoms with E-state index in [1.807, 2.05) is 57.3 Å². The summed E-state index contributed by atoms with van der Waals surface area (Å²) in [5, 5.41) is 1.64. The Morgan fingerprint density at radius 2 is 1.84 bits per heavy atom. The fraction of sp³-hybridized carbons (Fsp3) is 0.375. The first kappa shape index (κ1) is 21.4. The number of hydrogen-bond donors (Lipinski definition) is 0. The largest absolute Gasteiger partial charge is 0.307 e. The first-order valence-corrected chi connectivity index (χ1v) is 12.4. The molecule has 1 aromatic carbocycles. The average molecular weight is 438 g/mol. The predicted molar refractivity (Wildman–Crippen MR) is 124 cm³/mol. The van der Waals surface area contributed by atoms with E-state index in [0.29, 0.717) is 16.7 Å². The van der Waals surface area contributed by atoms with Crippen LogP contribution in [0.15, 0.2) is 59.0 Å². The lowest BCUT2D eigenvalue weighted by Gasteiger charge is -2.21. The van der Waals surface area contributed by atoms with Gasteiger partial charge >= 0.3 is 0 Å². The van der Waals surface area contributed by atoms with Gasteiger partial charge in [0.1, 0.15) is 5.82 Å². The smallest absolute Gasteiger partial charge is 0.262 e. The Kier molecular flexibility index (Phi) is 5.33. The van der Waals surface area contributed by atoms with Crippen molar-refractivity contribution in [2.45, 2.75) is 45.1 Å².